The van der Waals surface area contributed by atoms with E-state index >= 15 is 0 Å². The fraction of sp³-hybridized carbons (Fsp3) is 0.579. The second-order valence-electron chi connectivity index (χ2n) is 7.21. The van der Waals surface area contributed by atoms with Crippen molar-refractivity contribution >= 4 is 23.4 Å². The van der Waals surface area contributed by atoms with Crippen LogP contribution in [0, 0.1) is 5.92 Å². The molecule has 0 spiro atoms. The fourth-order valence-corrected chi connectivity index (χ4v) is 4.22. The van der Waals surface area contributed by atoms with Gasteiger partial charge in [-0.1, -0.05) is 12.8 Å². The standard InChI is InChI=1S/C19H26N4O4/c1-27-18-14(16(20)24)10-13(11-21-18)22-17(25)19(26)23-9-5-4-8-15(23)12-6-2-3-7-12/h10-12,15H,2-9H2,1H3,(H2,20,24)(H,22,25). The molecule has 3 amide bonds. The van der Waals surface area contributed by atoms with Crippen molar-refractivity contribution in [3.05, 3.63) is 17.8 Å². The van der Waals surface area contributed by atoms with E-state index in [1.165, 1.54) is 32.2 Å². The van der Waals surface area contributed by atoms with Crippen molar-refractivity contribution in [2.45, 2.75) is 51.0 Å². The molecule has 0 aromatic carbocycles. The molecular formula is C19H26N4O4. The number of nitrogens with one attached hydrogen (secondary N) is 1. The maximum absolute atomic E-state index is 12.8. The van der Waals surface area contributed by atoms with Crippen LogP contribution in [-0.4, -0.2) is 47.3 Å². The number of methoxy groups -OCH3 is 1. The van der Waals surface area contributed by atoms with Crippen molar-refractivity contribution in [3.8, 4) is 5.88 Å². The lowest BCUT2D eigenvalue weighted by Crippen LogP contribution is -2.50. The molecule has 1 saturated heterocycles. The van der Waals surface area contributed by atoms with Crippen LogP contribution in [0.4, 0.5) is 5.69 Å². The van der Waals surface area contributed by atoms with Crippen LogP contribution in [0.15, 0.2) is 12.3 Å². The van der Waals surface area contributed by atoms with E-state index in [-0.39, 0.29) is 23.2 Å². The Morgan fingerprint density at radius 3 is 2.56 bits per heavy atom. The lowest BCUT2D eigenvalue weighted by atomic mass is 9.89. The summed E-state index contributed by atoms with van der Waals surface area (Å²) in [5.74, 6) is -1.40. The van der Waals surface area contributed by atoms with Gasteiger partial charge in [-0.05, 0) is 44.1 Å². The number of hydrogen-bond acceptors (Lipinski definition) is 5. The van der Waals surface area contributed by atoms with E-state index in [9.17, 15) is 14.4 Å². The van der Waals surface area contributed by atoms with Crippen molar-refractivity contribution in [2.24, 2.45) is 11.7 Å². The Bertz CT molecular complexity index is 730. The van der Waals surface area contributed by atoms with Gasteiger partial charge in [0.25, 0.3) is 5.91 Å². The van der Waals surface area contributed by atoms with Crippen LogP contribution in [0.25, 0.3) is 0 Å². The molecule has 146 valence electrons. The predicted octanol–water partition coefficient (Wildman–Crippen LogP) is 1.70. The number of primary amides is 1. The highest BCUT2D eigenvalue weighted by Crippen LogP contribution is 2.35. The Balaban J connectivity index is 1.72. The van der Waals surface area contributed by atoms with Gasteiger partial charge in [-0.2, -0.15) is 0 Å². The number of nitrogens with two attached hydrogens (primary N) is 1. The van der Waals surface area contributed by atoms with Gasteiger partial charge in [-0.25, -0.2) is 4.98 Å². The third-order valence-electron chi connectivity index (χ3n) is 5.52. The summed E-state index contributed by atoms with van der Waals surface area (Å²) in [6.07, 6.45) is 8.95. The third-order valence-corrected chi connectivity index (χ3v) is 5.52. The summed E-state index contributed by atoms with van der Waals surface area (Å²) < 4.78 is 4.98. The van der Waals surface area contributed by atoms with Gasteiger partial charge in [0.05, 0.1) is 19.0 Å². The molecule has 27 heavy (non-hydrogen) atoms. The van der Waals surface area contributed by atoms with Gasteiger partial charge < -0.3 is 20.7 Å². The minimum atomic E-state index is -0.723. The average Bonchev–Trinajstić information content (AvgIpc) is 3.22. The normalized spacial score (nSPS) is 20.3. The first-order chi connectivity index (χ1) is 13.0. The largest absolute Gasteiger partial charge is 0.480 e. The zero-order chi connectivity index (χ0) is 19.4. The van der Waals surface area contributed by atoms with Crippen LogP contribution in [0.3, 0.4) is 0 Å². The van der Waals surface area contributed by atoms with E-state index in [0.29, 0.717) is 12.5 Å². The molecule has 0 radical (unpaired) electrons. The molecule has 1 atom stereocenters. The molecular weight excluding hydrogens is 348 g/mol. The molecule has 8 heteroatoms. The summed E-state index contributed by atoms with van der Waals surface area (Å²) in [7, 11) is 1.37. The summed E-state index contributed by atoms with van der Waals surface area (Å²) >= 11 is 0. The molecule has 3 N–H and O–H groups in total. The minimum Gasteiger partial charge on any atom is -0.480 e. The van der Waals surface area contributed by atoms with Crippen LogP contribution in [0.1, 0.15) is 55.3 Å². The second-order valence-corrected chi connectivity index (χ2v) is 7.21. The van der Waals surface area contributed by atoms with Crippen LogP contribution >= 0.6 is 0 Å². The number of aromatic nitrogens is 1. The van der Waals surface area contributed by atoms with Gasteiger partial charge in [0.1, 0.15) is 5.56 Å². The van der Waals surface area contributed by atoms with E-state index in [1.54, 1.807) is 4.90 Å². The second kappa shape index (κ2) is 8.37. The van der Waals surface area contributed by atoms with Crippen molar-refractivity contribution in [2.75, 3.05) is 19.0 Å². The van der Waals surface area contributed by atoms with Gasteiger partial charge in [0.2, 0.25) is 5.88 Å². The minimum absolute atomic E-state index is 0.0459. The summed E-state index contributed by atoms with van der Waals surface area (Å²) in [5, 5.41) is 2.54. The number of amides is 3. The number of ether oxygens (including phenoxy) is 1. The quantitative estimate of drug-likeness (QED) is 0.779. The third kappa shape index (κ3) is 4.20. The highest BCUT2D eigenvalue weighted by Gasteiger charge is 2.36. The summed E-state index contributed by atoms with van der Waals surface area (Å²) in [6.45, 7) is 0.612. The van der Waals surface area contributed by atoms with Gasteiger partial charge in [-0.15, -0.1) is 0 Å². The first kappa shape index (κ1) is 19.1. The Morgan fingerprint density at radius 2 is 1.89 bits per heavy atom. The molecule has 1 unspecified atom stereocenters. The number of likely N-dealkylation sites (tertiary alicyclic amines) is 1. The van der Waals surface area contributed by atoms with Crippen molar-refractivity contribution < 1.29 is 19.1 Å². The Kier molecular flexibility index (Phi) is 5.93. The molecule has 8 nitrogen and oxygen atoms in total. The molecule has 1 aromatic heterocycles. The maximum atomic E-state index is 12.8. The fourth-order valence-electron chi connectivity index (χ4n) is 4.22. The van der Waals surface area contributed by atoms with Gasteiger partial charge in [0.15, 0.2) is 0 Å². The molecule has 2 heterocycles. The van der Waals surface area contributed by atoms with Crippen molar-refractivity contribution in [1.29, 1.82) is 0 Å². The number of carbonyl (C=O) groups excluding carboxylic acids is 3. The molecule has 1 aliphatic heterocycles. The lowest BCUT2D eigenvalue weighted by molar-refractivity contribution is -0.146. The Labute approximate surface area is 158 Å². The highest BCUT2D eigenvalue weighted by molar-refractivity contribution is 6.39. The summed E-state index contributed by atoms with van der Waals surface area (Å²) in [5.41, 5.74) is 5.59. The molecule has 3 rings (SSSR count). The summed E-state index contributed by atoms with van der Waals surface area (Å²) in [6, 6.07) is 1.51. The van der Waals surface area contributed by atoms with Crippen LogP contribution in [0.2, 0.25) is 0 Å². The number of anilines is 1. The number of carbonyl (C=O) groups is 3. The van der Waals surface area contributed by atoms with E-state index in [0.717, 1.165) is 32.1 Å². The summed E-state index contributed by atoms with van der Waals surface area (Å²) in [4.78, 5) is 42.5. The zero-order valence-corrected chi connectivity index (χ0v) is 15.6. The van der Waals surface area contributed by atoms with Crippen LogP contribution < -0.4 is 15.8 Å². The molecule has 1 aliphatic carbocycles. The van der Waals surface area contributed by atoms with E-state index in [2.05, 4.69) is 10.3 Å². The molecule has 1 saturated carbocycles. The zero-order valence-electron chi connectivity index (χ0n) is 15.6. The molecule has 1 aromatic rings. The number of pyridine rings is 1. The molecule has 0 bridgehead atoms. The lowest BCUT2D eigenvalue weighted by Gasteiger charge is -2.38. The van der Waals surface area contributed by atoms with Crippen molar-refractivity contribution in [3.63, 3.8) is 0 Å². The Hall–Kier alpha value is -2.64. The van der Waals surface area contributed by atoms with E-state index in [1.807, 2.05) is 0 Å². The number of nitrogens with zero attached hydrogens (tertiary/aromatic N) is 2. The highest BCUT2D eigenvalue weighted by atomic mass is 16.5. The van der Waals surface area contributed by atoms with Crippen LogP contribution in [-0.2, 0) is 9.59 Å². The SMILES string of the molecule is COc1ncc(NC(=O)C(=O)N2CCCCC2C2CCCC2)cc1C(N)=O. The number of rotatable bonds is 4. The van der Waals surface area contributed by atoms with Gasteiger partial charge in [-0.3, -0.25) is 14.4 Å². The monoisotopic (exact) mass is 374 g/mol. The Morgan fingerprint density at radius 1 is 1.19 bits per heavy atom. The number of hydrogen-bond donors (Lipinski definition) is 2. The first-order valence-corrected chi connectivity index (χ1v) is 9.47. The maximum Gasteiger partial charge on any atom is 0.313 e. The van der Waals surface area contributed by atoms with Crippen LogP contribution in [0.5, 0.6) is 5.88 Å². The topological polar surface area (TPSA) is 115 Å². The van der Waals surface area contributed by atoms with Crippen molar-refractivity contribution in [1.82, 2.24) is 9.88 Å². The van der Waals surface area contributed by atoms with Gasteiger partial charge >= 0.3 is 11.8 Å². The molecule has 2 fully saturated rings. The predicted molar refractivity (Wildman–Crippen MR) is 99.2 cm³/mol. The average molecular weight is 374 g/mol. The van der Waals surface area contributed by atoms with E-state index in [4.69, 9.17) is 10.5 Å². The van der Waals surface area contributed by atoms with Gasteiger partial charge in [0, 0.05) is 12.6 Å². The number of piperidine rings is 1. The smallest absolute Gasteiger partial charge is 0.313 e. The first-order valence-electron chi connectivity index (χ1n) is 9.47. The van der Waals surface area contributed by atoms with E-state index < -0.39 is 17.7 Å². The molecule has 2 aliphatic rings.